The van der Waals surface area contributed by atoms with Gasteiger partial charge in [0.15, 0.2) is 0 Å². The Morgan fingerprint density at radius 3 is 2.74 bits per heavy atom. The summed E-state index contributed by atoms with van der Waals surface area (Å²) in [7, 11) is 1.64. The van der Waals surface area contributed by atoms with Crippen LogP contribution in [0.15, 0.2) is 48.2 Å². The van der Waals surface area contributed by atoms with E-state index in [4.69, 9.17) is 10.1 Å². The first-order valence-corrected chi connectivity index (χ1v) is 9.10. The van der Waals surface area contributed by atoms with Crippen molar-refractivity contribution in [3.8, 4) is 5.75 Å². The molecule has 6 nitrogen and oxygen atoms in total. The summed E-state index contributed by atoms with van der Waals surface area (Å²) in [6.07, 6.45) is 0.643. The lowest BCUT2D eigenvalue weighted by atomic mass is 10.1. The molecule has 0 bridgehead atoms. The highest BCUT2D eigenvalue weighted by Crippen LogP contribution is 2.44. The number of aromatic nitrogens is 2. The Morgan fingerprint density at radius 1 is 1.22 bits per heavy atom. The molecule has 1 aromatic heterocycles. The molecule has 2 aliphatic heterocycles. The number of imidazole rings is 1. The number of fused-ring (bicyclic) bond motifs is 4. The van der Waals surface area contributed by atoms with Crippen molar-refractivity contribution in [3.63, 3.8) is 0 Å². The molecule has 1 atom stereocenters. The Labute approximate surface area is 157 Å². The third-order valence-electron chi connectivity index (χ3n) is 4.95. The summed E-state index contributed by atoms with van der Waals surface area (Å²) in [5.41, 5.74) is 4.20. The fourth-order valence-electron chi connectivity index (χ4n) is 3.76. The standard InChI is InChI=1S/C19H16N4O2.C2H6/c1-25-11-6-7-14-10(8-11)9-15-17(24)16(18(20)23(14)15)19-21-12-4-2-3-5-13(12)22-19;1-2/h2-8,15,20,24H,9H2,1H3,(H,21,22);1-2H3. The van der Waals surface area contributed by atoms with Crippen LogP contribution in [-0.4, -0.2) is 34.1 Å². The summed E-state index contributed by atoms with van der Waals surface area (Å²) >= 11 is 0. The zero-order valence-corrected chi connectivity index (χ0v) is 15.6. The zero-order chi connectivity index (χ0) is 19.1. The molecule has 3 heterocycles. The highest BCUT2D eigenvalue weighted by Gasteiger charge is 2.44. The first-order chi connectivity index (χ1) is 13.2. The van der Waals surface area contributed by atoms with Crippen LogP contribution in [0.1, 0.15) is 25.2 Å². The van der Waals surface area contributed by atoms with Gasteiger partial charge in [0.1, 0.15) is 23.2 Å². The molecule has 2 aliphatic rings. The molecular formula is C21H22N4O2. The SMILES string of the molecule is CC.COc1ccc2c(c1)CC1C(O)=C(c3nc4ccccc4[nH]3)C(=N)N21. The number of nitrogens with zero attached hydrogens (tertiary/aromatic N) is 2. The van der Waals surface area contributed by atoms with E-state index in [9.17, 15) is 5.11 Å². The Morgan fingerprint density at radius 2 is 2.00 bits per heavy atom. The van der Waals surface area contributed by atoms with Gasteiger partial charge in [0.2, 0.25) is 0 Å². The normalized spacial score (nSPS) is 17.7. The molecule has 1 unspecified atom stereocenters. The molecular weight excluding hydrogens is 340 g/mol. The Hall–Kier alpha value is -3.28. The second kappa shape index (κ2) is 6.46. The van der Waals surface area contributed by atoms with Crippen LogP contribution in [0.25, 0.3) is 16.6 Å². The minimum absolute atomic E-state index is 0.194. The van der Waals surface area contributed by atoms with Crippen LogP contribution >= 0.6 is 0 Å². The van der Waals surface area contributed by atoms with Gasteiger partial charge in [-0.15, -0.1) is 0 Å². The topological polar surface area (TPSA) is 85.2 Å². The minimum Gasteiger partial charge on any atom is -0.509 e. The van der Waals surface area contributed by atoms with Crippen molar-refractivity contribution in [3.05, 3.63) is 59.6 Å². The van der Waals surface area contributed by atoms with E-state index in [1.807, 2.05) is 61.2 Å². The van der Waals surface area contributed by atoms with Crippen LogP contribution in [-0.2, 0) is 6.42 Å². The van der Waals surface area contributed by atoms with E-state index in [1.54, 1.807) is 7.11 Å². The lowest BCUT2D eigenvalue weighted by Gasteiger charge is -2.19. The fraction of sp³-hybridized carbons (Fsp3) is 0.238. The molecule has 0 aliphatic carbocycles. The van der Waals surface area contributed by atoms with Crippen LogP contribution in [0, 0.1) is 5.41 Å². The van der Waals surface area contributed by atoms with Crippen molar-refractivity contribution in [2.24, 2.45) is 0 Å². The number of ether oxygens (including phenoxy) is 1. The summed E-state index contributed by atoms with van der Waals surface area (Å²) in [5, 5.41) is 19.4. The highest BCUT2D eigenvalue weighted by molar-refractivity contribution is 6.31. The van der Waals surface area contributed by atoms with Crippen LogP contribution in [0.2, 0.25) is 0 Å². The number of amidine groups is 1. The molecule has 3 N–H and O–H groups in total. The van der Waals surface area contributed by atoms with Gasteiger partial charge in [-0.05, 0) is 35.9 Å². The highest BCUT2D eigenvalue weighted by atomic mass is 16.5. The third kappa shape index (κ3) is 2.48. The maximum absolute atomic E-state index is 10.8. The van der Waals surface area contributed by atoms with Crippen molar-refractivity contribution in [2.45, 2.75) is 26.3 Å². The summed E-state index contributed by atoms with van der Waals surface area (Å²) in [4.78, 5) is 9.63. The number of benzene rings is 2. The molecule has 5 rings (SSSR count). The summed E-state index contributed by atoms with van der Waals surface area (Å²) in [6, 6.07) is 13.2. The van der Waals surface area contributed by atoms with E-state index in [0.717, 1.165) is 28.0 Å². The lowest BCUT2D eigenvalue weighted by Crippen LogP contribution is -2.31. The zero-order valence-electron chi connectivity index (χ0n) is 15.6. The van der Waals surface area contributed by atoms with E-state index >= 15 is 0 Å². The molecule has 0 radical (unpaired) electrons. The third-order valence-corrected chi connectivity index (χ3v) is 4.95. The Balaban J connectivity index is 0.000000872. The molecule has 0 fully saturated rings. The van der Waals surface area contributed by atoms with Gasteiger partial charge in [-0.3, -0.25) is 5.41 Å². The number of hydrogen-bond donors (Lipinski definition) is 3. The molecule has 0 spiro atoms. The number of methoxy groups -OCH3 is 1. The number of H-pyrrole nitrogens is 1. The smallest absolute Gasteiger partial charge is 0.145 e. The van der Waals surface area contributed by atoms with E-state index < -0.39 is 0 Å². The van der Waals surface area contributed by atoms with Gasteiger partial charge in [0.25, 0.3) is 0 Å². The maximum Gasteiger partial charge on any atom is 0.145 e. The molecule has 6 heteroatoms. The molecule has 2 aromatic carbocycles. The second-order valence-corrected chi connectivity index (χ2v) is 6.30. The molecule has 27 heavy (non-hydrogen) atoms. The monoisotopic (exact) mass is 362 g/mol. The number of aliphatic hydroxyl groups is 1. The summed E-state index contributed by atoms with van der Waals surface area (Å²) in [5.74, 6) is 1.78. The number of anilines is 1. The van der Waals surface area contributed by atoms with Crippen molar-refractivity contribution >= 4 is 28.1 Å². The lowest BCUT2D eigenvalue weighted by molar-refractivity contribution is 0.379. The quantitative estimate of drug-likeness (QED) is 0.635. The van der Waals surface area contributed by atoms with E-state index in [0.29, 0.717) is 17.8 Å². The predicted molar refractivity (Wildman–Crippen MR) is 108 cm³/mol. The van der Waals surface area contributed by atoms with Gasteiger partial charge in [0, 0.05) is 12.1 Å². The van der Waals surface area contributed by atoms with Crippen molar-refractivity contribution in [1.82, 2.24) is 9.97 Å². The van der Waals surface area contributed by atoms with Crippen LogP contribution < -0.4 is 9.64 Å². The number of aromatic amines is 1. The first-order valence-electron chi connectivity index (χ1n) is 9.10. The summed E-state index contributed by atoms with van der Waals surface area (Å²) < 4.78 is 5.28. The largest absolute Gasteiger partial charge is 0.509 e. The van der Waals surface area contributed by atoms with Gasteiger partial charge < -0.3 is 19.7 Å². The van der Waals surface area contributed by atoms with Crippen molar-refractivity contribution in [1.29, 1.82) is 5.41 Å². The predicted octanol–water partition coefficient (Wildman–Crippen LogP) is 4.29. The Kier molecular flexibility index (Phi) is 4.11. The van der Waals surface area contributed by atoms with Crippen molar-refractivity contribution in [2.75, 3.05) is 12.0 Å². The van der Waals surface area contributed by atoms with Gasteiger partial charge in [0.05, 0.1) is 29.8 Å². The van der Waals surface area contributed by atoms with E-state index in [-0.39, 0.29) is 17.6 Å². The maximum atomic E-state index is 10.8. The summed E-state index contributed by atoms with van der Waals surface area (Å²) in [6.45, 7) is 4.00. The van der Waals surface area contributed by atoms with Gasteiger partial charge in [-0.25, -0.2) is 4.98 Å². The number of hydrogen-bond acceptors (Lipinski definition) is 4. The van der Waals surface area contributed by atoms with Crippen molar-refractivity contribution < 1.29 is 9.84 Å². The molecule has 3 aromatic rings. The number of rotatable bonds is 2. The number of aliphatic hydroxyl groups excluding tert-OH is 1. The van der Waals surface area contributed by atoms with Crippen LogP contribution in [0.3, 0.4) is 0 Å². The molecule has 0 saturated heterocycles. The van der Waals surface area contributed by atoms with E-state index in [2.05, 4.69) is 9.97 Å². The molecule has 138 valence electrons. The van der Waals surface area contributed by atoms with Gasteiger partial charge in [-0.1, -0.05) is 26.0 Å². The first kappa shape index (κ1) is 17.1. The Bertz CT molecular complexity index is 1030. The van der Waals surface area contributed by atoms with E-state index in [1.165, 1.54) is 0 Å². The average molecular weight is 362 g/mol. The molecule has 0 saturated carbocycles. The average Bonchev–Trinajstić information content (AvgIpc) is 3.35. The molecule has 0 amide bonds. The minimum atomic E-state index is -0.252. The van der Waals surface area contributed by atoms with Gasteiger partial charge in [-0.2, -0.15) is 0 Å². The second-order valence-electron chi connectivity index (χ2n) is 6.30. The van der Waals surface area contributed by atoms with Crippen LogP contribution in [0.4, 0.5) is 5.69 Å². The number of para-hydroxylation sites is 2. The fourth-order valence-corrected chi connectivity index (χ4v) is 3.76. The van der Waals surface area contributed by atoms with Gasteiger partial charge >= 0.3 is 0 Å². The number of nitrogens with one attached hydrogen (secondary N) is 2. The van der Waals surface area contributed by atoms with Crippen LogP contribution in [0.5, 0.6) is 5.75 Å².